The number of benzene rings is 1. The molecule has 9 nitrogen and oxygen atoms in total. The second-order valence-corrected chi connectivity index (χ2v) is 9.68. The molecule has 0 aliphatic heterocycles. The van der Waals surface area contributed by atoms with Gasteiger partial charge in [-0.3, -0.25) is 24.2 Å². The molecule has 0 spiro atoms. The molecule has 0 bridgehead atoms. The van der Waals surface area contributed by atoms with Crippen LogP contribution in [0.1, 0.15) is 53.9 Å². The summed E-state index contributed by atoms with van der Waals surface area (Å²) in [4.78, 5) is 54.3. The number of nitrogens with one attached hydrogen (secondary N) is 2. The normalized spacial score (nSPS) is 13.2. The van der Waals surface area contributed by atoms with Crippen molar-refractivity contribution in [3.63, 3.8) is 0 Å². The third-order valence-electron chi connectivity index (χ3n) is 4.92. The average Bonchev–Trinajstić information content (AvgIpc) is 2.73. The van der Waals surface area contributed by atoms with Gasteiger partial charge in [0.15, 0.2) is 0 Å². The Labute approximate surface area is 199 Å². The molecule has 2 rings (SSSR count). The van der Waals surface area contributed by atoms with E-state index in [2.05, 4.69) is 15.6 Å². The van der Waals surface area contributed by atoms with Gasteiger partial charge >= 0.3 is 5.97 Å². The number of carbonyl (C=O) groups excluding carboxylic acids is 4. The number of aromatic nitrogens is 1. The molecule has 0 aliphatic carbocycles. The quantitative estimate of drug-likeness (QED) is 0.360. The van der Waals surface area contributed by atoms with Crippen LogP contribution >= 0.6 is 0 Å². The number of para-hydroxylation sites is 1. The Morgan fingerprint density at radius 2 is 1.76 bits per heavy atom. The first kappa shape index (κ1) is 26.8. The molecule has 0 aliphatic rings. The molecule has 0 saturated carbocycles. The van der Waals surface area contributed by atoms with Crippen molar-refractivity contribution < 1.29 is 23.9 Å². The van der Waals surface area contributed by atoms with Crippen LogP contribution in [0.2, 0.25) is 0 Å². The van der Waals surface area contributed by atoms with E-state index in [1.54, 1.807) is 26.8 Å². The van der Waals surface area contributed by atoms with Crippen molar-refractivity contribution in [2.75, 3.05) is 5.32 Å². The van der Waals surface area contributed by atoms with E-state index in [4.69, 9.17) is 10.5 Å². The number of carbonyl (C=O) groups is 4. The summed E-state index contributed by atoms with van der Waals surface area (Å²) in [6.45, 7) is 8.96. The SMILES string of the molecule is CC(C)C[C@@H](C(N)=O)C(=O)N[C@@H](CCC(=O)OC(C)(C)C)C(=O)Nc1cnc2ccccc2c1. The van der Waals surface area contributed by atoms with Gasteiger partial charge in [0.1, 0.15) is 17.6 Å². The maximum absolute atomic E-state index is 13.1. The van der Waals surface area contributed by atoms with Gasteiger partial charge in [0.05, 0.1) is 17.4 Å². The molecule has 4 N–H and O–H groups in total. The Kier molecular flexibility index (Phi) is 9.11. The van der Waals surface area contributed by atoms with Crippen molar-refractivity contribution in [1.29, 1.82) is 0 Å². The van der Waals surface area contributed by atoms with Gasteiger partial charge < -0.3 is 21.1 Å². The van der Waals surface area contributed by atoms with Crippen molar-refractivity contribution in [2.24, 2.45) is 17.6 Å². The number of hydrogen-bond acceptors (Lipinski definition) is 6. The van der Waals surface area contributed by atoms with E-state index in [-0.39, 0.29) is 25.2 Å². The molecule has 2 atom stereocenters. The lowest BCUT2D eigenvalue weighted by molar-refractivity contribution is -0.155. The molecule has 34 heavy (non-hydrogen) atoms. The van der Waals surface area contributed by atoms with Crippen LogP contribution in [0.4, 0.5) is 5.69 Å². The first-order chi connectivity index (χ1) is 15.9. The Morgan fingerprint density at radius 3 is 2.38 bits per heavy atom. The Hall–Kier alpha value is -3.49. The molecule has 0 saturated heterocycles. The highest BCUT2D eigenvalue weighted by atomic mass is 16.6. The molecule has 1 aromatic heterocycles. The zero-order valence-corrected chi connectivity index (χ0v) is 20.4. The minimum atomic E-state index is -1.08. The van der Waals surface area contributed by atoms with Crippen molar-refractivity contribution in [3.05, 3.63) is 36.5 Å². The number of fused-ring (bicyclic) bond motifs is 1. The third kappa shape index (κ3) is 8.46. The van der Waals surface area contributed by atoms with Crippen LogP contribution in [0.15, 0.2) is 36.5 Å². The number of esters is 1. The van der Waals surface area contributed by atoms with E-state index in [1.807, 2.05) is 38.1 Å². The van der Waals surface area contributed by atoms with Crippen LogP contribution in [0.25, 0.3) is 10.9 Å². The van der Waals surface area contributed by atoms with Crippen molar-refractivity contribution in [1.82, 2.24) is 10.3 Å². The number of nitrogens with two attached hydrogens (primary N) is 1. The van der Waals surface area contributed by atoms with Crippen molar-refractivity contribution in [2.45, 2.75) is 65.5 Å². The van der Waals surface area contributed by atoms with Crippen molar-refractivity contribution >= 4 is 40.3 Å². The Balaban J connectivity index is 2.19. The van der Waals surface area contributed by atoms with Crippen LogP contribution < -0.4 is 16.4 Å². The van der Waals surface area contributed by atoms with Gasteiger partial charge in [-0.25, -0.2) is 0 Å². The molecule has 0 unspecified atom stereocenters. The predicted octanol–water partition coefficient (Wildman–Crippen LogP) is 2.93. The average molecular weight is 471 g/mol. The van der Waals surface area contributed by atoms with Gasteiger partial charge in [0.2, 0.25) is 17.7 Å². The number of anilines is 1. The van der Waals surface area contributed by atoms with E-state index in [1.165, 1.54) is 6.20 Å². The smallest absolute Gasteiger partial charge is 0.306 e. The fraction of sp³-hybridized carbons (Fsp3) is 0.480. The number of primary amides is 1. The summed E-state index contributed by atoms with van der Waals surface area (Å²) in [5, 5.41) is 6.17. The van der Waals surface area contributed by atoms with E-state index in [0.717, 1.165) is 10.9 Å². The van der Waals surface area contributed by atoms with Gasteiger partial charge in [-0.1, -0.05) is 32.0 Å². The summed E-state index contributed by atoms with van der Waals surface area (Å²) < 4.78 is 5.31. The van der Waals surface area contributed by atoms with Gasteiger partial charge in [0, 0.05) is 11.8 Å². The summed E-state index contributed by atoms with van der Waals surface area (Å²) in [6, 6.07) is 8.12. The van der Waals surface area contributed by atoms with Crippen LogP contribution in [0, 0.1) is 11.8 Å². The summed E-state index contributed by atoms with van der Waals surface area (Å²) >= 11 is 0. The lowest BCUT2D eigenvalue weighted by Crippen LogP contribution is -2.49. The molecule has 1 heterocycles. The molecule has 3 amide bonds. The molecule has 184 valence electrons. The molecule has 0 fully saturated rings. The largest absolute Gasteiger partial charge is 0.460 e. The fourth-order valence-electron chi connectivity index (χ4n) is 3.39. The number of pyridine rings is 1. The van der Waals surface area contributed by atoms with Crippen LogP contribution in [-0.4, -0.2) is 40.3 Å². The fourth-order valence-corrected chi connectivity index (χ4v) is 3.39. The summed E-state index contributed by atoms with van der Waals surface area (Å²) in [6.07, 6.45) is 1.64. The topological polar surface area (TPSA) is 140 Å². The maximum Gasteiger partial charge on any atom is 0.306 e. The second kappa shape index (κ2) is 11.6. The van der Waals surface area contributed by atoms with E-state index in [9.17, 15) is 19.2 Å². The lowest BCUT2D eigenvalue weighted by atomic mass is 9.95. The highest BCUT2D eigenvalue weighted by molar-refractivity contribution is 6.03. The molecule has 1 aromatic carbocycles. The van der Waals surface area contributed by atoms with E-state index in [0.29, 0.717) is 5.69 Å². The zero-order chi connectivity index (χ0) is 25.5. The predicted molar refractivity (Wildman–Crippen MR) is 130 cm³/mol. The molecular weight excluding hydrogens is 436 g/mol. The minimum Gasteiger partial charge on any atom is -0.460 e. The van der Waals surface area contributed by atoms with Gasteiger partial charge in [0.25, 0.3) is 0 Å². The molecule has 9 heteroatoms. The Morgan fingerprint density at radius 1 is 1.09 bits per heavy atom. The standard InChI is InChI=1S/C25H34N4O5/c1-15(2)12-18(22(26)31)23(32)29-20(10-11-21(30)34-25(3,4)5)24(33)28-17-13-16-8-6-7-9-19(16)27-14-17/h6-9,13-15,18,20H,10-12H2,1-5H3,(H2,26,31)(H,28,33)(H,29,32)/t18-,20-/m0/s1. The van der Waals surface area contributed by atoms with E-state index >= 15 is 0 Å². The maximum atomic E-state index is 13.1. The van der Waals surface area contributed by atoms with Crippen LogP contribution in [0.3, 0.4) is 0 Å². The van der Waals surface area contributed by atoms with Crippen LogP contribution in [0.5, 0.6) is 0 Å². The number of hydrogen-bond donors (Lipinski definition) is 3. The zero-order valence-electron chi connectivity index (χ0n) is 20.4. The highest BCUT2D eigenvalue weighted by Gasteiger charge is 2.30. The number of rotatable bonds is 10. The van der Waals surface area contributed by atoms with Gasteiger partial charge in [-0.05, 0) is 51.7 Å². The Bertz CT molecular complexity index is 1050. The molecule has 2 aromatic rings. The first-order valence-electron chi connectivity index (χ1n) is 11.3. The van der Waals surface area contributed by atoms with Gasteiger partial charge in [-0.15, -0.1) is 0 Å². The highest BCUT2D eigenvalue weighted by Crippen LogP contribution is 2.18. The second-order valence-electron chi connectivity index (χ2n) is 9.68. The third-order valence-corrected chi connectivity index (χ3v) is 4.92. The summed E-state index contributed by atoms with van der Waals surface area (Å²) in [5.74, 6) is -3.50. The van der Waals surface area contributed by atoms with Gasteiger partial charge in [-0.2, -0.15) is 0 Å². The monoisotopic (exact) mass is 470 g/mol. The number of amides is 3. The minimum absolute atomic E-state index is 0.0132. The number of ether oxygens (including phenoxy) is 1. The molecular formula is C25H34N4O5. The summed E-state index contributed by atoms with van der Waals surface area (Å²) in [7, 11) is 0. The number of nitrogens with zero attached hydrogens (tertiary/aromatic N) is 1. The first-order valence-corrected chi connectivity index (χ1v) is 11.3. The van der Waals surface area contributed by atoms with E-state index < -0.39 is 41.3 Å². The summed E-state index contributed by atoms with van der Waals surface area (Å²) in [5.41, 5.74) is 5.96. The van der Waals surface area contributed by atoms with Crippen LogP contribution in [-0.2, 0) is 23.9 Å². The van der Waals surface area contributed by atoms with Crippen molar-refractivity contribution in [3.8, 4) is 0 Å². The molecule has 0 radical (unpaired) electrons. The lowest BCUT2D eigenvalue weighted by Gasteiger charge is -2.23.